The maximum Gasteiger partial charge on any atom is 0.219 e. The Balaban J connectivity index is 3.48. The summed E-state index contributed by atoms with van der Waals surface area (Å²) in [6.45, 7) is 1.99. The fourth-order valence-corrected chi connectivity index (χ4v) is 2.32. The van der Waals surface area contributed by atoms with Gasteiger partial charge in [0.05, 0.1) is 7.11 Å². The van der Waals surface area contributed by atoms with E-state index in [-0.39, 0.29) is 0 Å². The van der Waals surface area contributed by atoms with Gasteiger partial charge < -0.3 is 4.74 Å². The van der Waals surface area contributed by atoms with Crippen LogP contribution >= 0.6 is 47.4 Å². The molecular formula is C10H11Cl3OS. The number of thiol groups is 1. The molecule has 0 amide bonds. The zero-order chi connectivity index (χ0) is 11.6. The fourth-order valence-electron chi connectivity index (χ4n) is 1.42. The molecule has 0 saturated carbocycles. The first-order valence-electron chi connectivity index (χ1n) is 4.37. The number of aryl methyl sites for hydroxylation is 1. The molecule has 0 N–H and O–H groups in total. The highest BCUT2D eigenvalue weighted by molar-refractivity contribution is 7.80. The molecule has 5 heteroatoms. The van der Waals surface area contributed by atoms with E-state index >= 15 is 0 Å². The molecule has 0 aliphatic heterocycles. The standard InChI is InChI=1S/C10H11Cl3OS/c1-3-6-4-5-7(15)9(14-2)8(6)10(11,12)13/h4-5,15H,3H2,1-2H3. The van der Waals surface area contributed by atoms with E-state index in [0.29, 0.717) is 16.2 Å². The van der Waals surface area contributed by atoms with Crippen molar-refractivity contribution in [3.63, 3.8) is 0 Å². The van der Waals surface area contributed by atoms with Crippen LogP contribution in [0.2, 0.25) is 0 Å². The average Bonchev–Trinajstić information content (AvgIpc) is 2.15. The largest absolute Gasteiger partial charge is 0.495 e. The van der Waals surface area contributed by atoms with Crippen molar-refractivity contribution in [2.75, 3.05) is 7.11 Å². The molecule has 0 atom stereocenters. The molecule has 0 aliphatic rings. The van der Waals surface area contributed by atoms with Gasteiger partial charge in [-0.15, -0.1) is 12.6 Å². The molecule has 0 saturated heterocycles. The number of hydrogen-bond acceptors (Lipinski definition) is 2. The van der Waals surface area contributed by atoms with Crippen molar-refractivity contribution in [2.45, 2.75) is 22.0 Å². The van der Waals surface area contributed by atoms with E-state index in [9.17, 15) is 0 Å². The monoisotopic (exact) mass is 284 g/mol. The smallest absolute Gasteiger partial charge is 0.219 e. The van der Waals surface area contributed by atoms with Crippen molar-refractivity contribution >= 4 is 47.4 Å². The third-order valence-corrected chi connectivity index (χ3v) is 3.01. The van der Waals surface area contributed by atoms with Gasteiger partial charge in [-0.2, -0.15) is 0 Å². The molecule has 1 aromatic rings. The third kappa shape index (κ3) is 2.88. The van der Waals surface area contributed by atoms with Gasteiger partial charge in [-0.1, -0.05) is 47.8 Å². The lowest BCUT2D eigenvalue weighted by Crippen LogP contribution is -2.08. The number of rotatable bonds is 2. The van der Waals surface area contributed by atoms with Crippen LogP contribution in [0.5, 0.6) is 5.75 Å². The molecule has 0 aliphatic carbocycles. The second-order valence-corrected chi connectivity index (χ2v) is 5.77. The minimum atomic E-state index is -1.49. The lowest BCUT2D eigenvalue weighted by Gasteiger charge is -2.20. The number of halogens is 3. The van der Waals surface area contributed by atoms with E-state index in [1.807, 2.05) is 19.1 Å². The van der Waals surface area contributed by atoms with Gasteiger partial charge in [0.25, 0.3) is 0 Å². The summed E-state index contributed by atoms with van der Waals surface area (Å²) in [4.78, 5) is 0.663. The van der Waals surface area contributed by atoms with E-state index in [1.165, 1.54) is 7.11 Å². The Hall–Kier alpha value is 0.240. The lowest BCUT2D eigenvalue weighted by atomic mass is 10.1. The zero-order valence-electron chi connectivity index (χ0n) is 8.35. The molecule has 1 rings (SSSR count). The molecular weight excluding hydrogens is 275 g/mol. The Kier molecular flexibility index (Phi) is 4.48. The van der Waals surface area contributed by atoms with Crippen molar-refractivity contribution in [1.29, 1.82) is 0 Å². The van der Waals surface area contributed by atoms with E-state index in [1.54, 1.807) is 0 Å². The highest BCUT2D eigenvalue weighted by Crippen LogP contribution is 2.47. The van der Waals surface area contributed by atoms with Gasteiger partial charge in [0.1, 0.15) is 5.75 Å². The maximum absolute atomic E-state index is 5.92. The number of alkyl halides is 3. The predicted molar refractivity (Wildman–Crippen MR) is 68.9 cm³/mol. The van der Waals surface area contributed by atoms with Crippen LogP contribution in [-0.4, -0.2) is 7.11 Å². The molecule has 0 bridgehead atoms. The predicted octanol–water partition coefficient (Wildman–Crippen LogP) is 4.37. The van der Waals surface area contributed by atoms with E-state index in [4.69, 9.17) is 39.5 Å². The molecule has 0 heterocycles. The van der Waals surface area contributed by atoms with E-state index in [2.05, 4.69) is 12.6 Å². The normalized spacial score (nSPS) is 11.6. The van der Waals surface area contributed by atoms with Crippen LogP contribution in [0.15, 0.2) is 17.0 Å². The lowest BCUT2D eigenvalue weighted by molar-refractivity contribution is 0.399. The number of hydrogen-bond donors (Lipinski definition) is 1. The zero-order valence-corrected chi connectivity index (χ0v) is 11.5. The van der Waals surface area contributed by atoms with Crippen LogP contribution < -0.4 is 4.74 Å². The summed E-state index contributed by atoms with van der Waals surface area (Å²) in [6, 6.07) is 3.72. The summed E-state index contributed by atoms with van der Waals surface area (Å²) >= 11 is 22.0. The van der Waals surface area contributed by atoms with Gasteiger partial charge >= 0.3 is 0 Å². The van der Waals surface area contributed by atoms with Crippen LogP contribution in [-0.2, 0) is 10.2 Å². The first-order chi connectivity index (χ1) is 6.91. The topological polar surface area (TPSA) is 9.23 Å². The van der Waals surface area contributed by atoms with Gasteiger partial charge in [0.2, 0.25) is 3.79 Å². The van der Waals surface area contributed by atoms with Gasteiger partial charge in [0, 0.05) is 10.5 Å². The van der Waals surface area contributed by atoms with Crippen molar-refractivity contribution < 1.29 is 4.74 Å². The summed E-state index contributed by atoms with van der Waals surface area (Å²) in [7, 11) is 1.54. The van der Waals surface area contributed by atoms with Gasteiger partial charge in [0.15, 0.2) is 0 Å². The molecule has 0 unspecified atom stereocenters. The Morgan fingerprint density at radius 2 is 1.93 bits per heavy atom. The number of ether oxygens (including phenoxy) is 1. The summed E-state index contributed by atoms with van der Waals surface area (Å²) in [5.41, 5.74) is 1.52. The van der Waals surface area contributed by atoms with Crippen molar-refractivity contribution in [1.82, 2.24) is 0 Å². The van der Waals surface area contributed by atoms with Gasteiger partial charge in [-0.3, -0.25) is 0 Å². The average molecular weight is 286 g/mol. The molecule has 0 radical (unpaired) electrons. The fraction of sp³-hybridized carbons (Fsp3) is 0.400. The highest BCUT2D eigenvalue weighted by Gasteiger charge is 2.30. The second-order valence-electron chi connectivity index (χ2n) is 3.00. The van der Waals surface area contributed by atoms with Crippen LogP contribution in [0.1, 0.15) is 18.1 Å². The van der Waals surface area contributed by atoms with Crippen LogP contribution in [0.3, 0.4) is 0 Å². The summed E-state index contributed by atoms with van der Waals surface area (Å²) < 4.78 is 3.72. The van der Waals surface area contributed by atoms with Crippen molar-refractivity contribution in [2.24, 2.45) is 0 Å². The first kappa shape index (κ1) is 13.3. The highest BCUT2D eigenvalue weighted by atomic mass is 35.6. The molecule has 1 nitrogen and oxygen atoms in total. The second kappa shape index (κ2) is 5.05. The minimum Gasteiger partial charge on any atom is -0.495 e. The van der Waals surface area contributed by atoms with Gasteiger partial charge in [-0.05, 0) is 18.1 Å². The Labute approximate surface area is 110 Å². The Morgan fingerprint density at radius 3 is 2.33 bits per heavy atom. The molecule has 0 aromatic heterocycles. The van der Waals surface area contributed by atoms with Crippen LogP contribution in [0.4, 0.5) is 0 Å². The molecule has 0 fully saturated rings. The third-order valence-electron chi connectivity index (χ3n) is 2.09. The number of methoxy groups -OCH3 is 1. The summed E-state index contributed by atoms with van der Waals surface area (Å²) in [5, 5.41) is 0. The summed E-state index contributed by atoms with van der Waals surface area (Å²) in [6.07, 6.45) is 0.771. The summed E-state index contributed by atoms with van der Waals surface area (Å²) in [5.74, 6) is 0.526. The quantitative estimate of drug-likeness (QED) is 0.627. The van der Waals surface area contributed by atoms with Crippen molar-refractivity contribution in [3.8, 4) is 5.75 Å². The molecule has 15 heavy (non-hydrogen) atoms. The maximum atomic E-state index is 5.92. The molecule has 1 aromatic carbocycles. The minimum absolute atomic E-state index is 0.526. The SMILES string of the molecule is CCc1ccc(S)c(OC)c1C(Cl)(Cl)Cl. The van der Waals surface area contributed by atoms with Crippen LogP contribution in [0, 0.1) is 0 Å². The molecule has 0 spiro atoms. The Bertz CT molecular complexity index is 360. The molecule has 84 valence electrons. The van der Waals surface area contributed by atoms with E-state index < -0.39 is 3.79 Å². The Morgan fingerprint density at radius 1 is 1.33 bits per heavy atom. The first-order valence-corrected chi connectivity index (χ1v) is 5.96. The van der Waals surface area contributed by atoms with Gasteiger partial charge in [-0.25, -0.2) is 0 Å². The number of benzene rings is 1. The van der Waals surface area contributed by atoms with E-state index in [0.717, 1.165) is 12.0 Å². The van der Waals surface area contributed by atoms with Crippen LogP contribution in [0.25, 0.3) is 0 Å². The van der Waals surface area contributed by atoms with Crippen molar-refractivity contribution in [3.05, 3.63) is 23.3 Å².